The zero-order valence-corrected chi connectivity index (χ0v) is 15.2. The predicted octanol–water partition coefficient (Wildman–Crippen LogP) is 1.43. The van der Waals surface area contributed by atoms with Crippen LogP contribution in [-0.2, 0) is 22.4 Å². The molecule has 2 atom stereocenters. The first-order valence-corrected chi connectivity index (χ1v) is 8.49. The highest BCUT2D eigenvalue weighted by molar-refractivity contribution is 6.30. The van der Waals surface area contributed by atoms with Crippen LogP contribution in [-0.4, -0.2) is 31.0 Å². The summed E-state index contributed by atoms with van der Waals surface area (Å²) in [5, 5.41) is 3.20. The summed E-state index contributed by atoms with van der Waals surface area (Å²) in [5.74, 6) is -0.358. The van der Waals surface area contributed by atoms with Gasteiger partial charge in [0.2, 0.25) is 11.8 Å². The maximum Gasteiger partial charge on any atom is 0.240 e. The molecule has 0 aliphatic carbocycles. The molecule has 0 saturated heterocycles. The van der Waals surface area contributed by atoms with Crippen LogP contribution in [0.25, 0.3) is 0 Å². The second-order valence-electron chi connectivity index (χ2n) is 5.96. The molecule has 0 radical (unpaired) electrons. The van der Waals surface area contributed by atoms with Crippen molar-refractivity contribution in [3.63, 3.8) is 0 Å². The van der Waals surface area contributed by atoms with Crippen LogP contribution in [0, 0.1) is 0 Å². The van der Waals surface area contributed by atoms with Crippen LogP contribution in [0.2, 0.25) is 5.02 Å². The van der Waals surface area contributed by atoms with E-state index >= 15 is 0 Å². The molecule has 0 spiro atoms. The number of methoxy groups -OCH3 is 1. The topological polar surface area (TPSA) is 107 Å². The SMILES string of the molecule is COc1ccc(C[C@H](NC(=O)[C@@H](N)Cc2cccc(Cl)c2)C(N)=O)cc1. The van der Waals surface area contributed by atoms with E-state index in [1.807, 2.05) is 18.2 Å². The molecule has 2 amide bonds. The number of nitrogens with one attached hydrogen (secondary N) is 1. The number of rotatable bonds is 8. The molecular weight excluding hydrogens is 354 g/mol. The number of halogens is 1. The first-order chi connectivity index (χ1) is 12.4. The molecule has 2 aromatic rings. The number of carbonyl (C=O) groups excluding carboxylic acids is 2. The largest absolute Gasteiger partial charge is 0.497 e. The summed E-state index contributed by atoms with van der Waals surface area (Å²) in [6, 6.07) is 12.6. The van der Waals surface area contributed by atoms with Crippen LogP contribution in [0.15, 0.2) is 48.5 Å². The number of ether oxygens (including phenoxy) is 1. The second kappa shape index (κ2) is 9.22. The summed E-state index contributed by atoms with van der Waals surface area (Å²) in [6.45, 7) is 0. The maximum atomic E-state index is 12.3. The monoisotopic (exact) mass is 375 g/mol. The summed E-state index contributed by atoms with van der Waals surface area (Å²) < 4.78 is 5.10. The van der Waals surface area contributed by atoms with Crippen molar-refractivity contribution in [3.05, 3.63) is 64.7 Å². The third kappa shape index (κ3) is 5.75. The Balaban J connectivity index is 1.98. The average molecular weight is 376 g/mol. The molecule has 7 heteroatoms. The smallest absolute Gasteiger partial charge is 0.240 e. The molecule has 2 rings (SSSR count). The van der Waals surface area contributed by atoms with E-state index in [-0.39, 0.29) is 6.42 Å². The third-order valence-electron chi connectivity index (χ3n) is 3.94. The minimum Gasteiger partial charge on any atom is -0.497 e. The van der Waals surface area contributed by atoms with Crippen molar-refractivity contribution in [3.8, 4) is 5.75 Å². The molecule has 0 saturated carbocycles. The van der Waals surface area contributed by atoms with Crippen molar-refractivity contribution < 1.29 is 14.3 Å². The molecule has 0 heterocycles. The Morgan fingerprint density at radius 1 is 1.12 bits per heavy atom. The Hall–Kier alpha value is -2.57. The number of benzene rings is 2. The fourth-order valence-electron chi connectivity index (χ4n) is 2.51. The molecule has 0 unspecified atom stereocenters. The van der Waals surface area contributed by atoms with Gasteiger partial charge in [-0.2, -0.15) is 0 Å². The van der Waals surface area contributed by atoms with Crippen LogP contribution in [0.4, 0.5) is 0 Å². The van der Waals surface area contributed by atoms with E-state index < -0.39 is 23.9 Å². The number of hydrogen-bond donors (Lipinski definition) is 3. The zero-order valence-electron chi connectivity index (χ0n) is 14.4. The molecule has 0 aromatic heterocycles. The summed E-state index contributed by atoms with van der Waals surface area (Å²) >= 11 is 5.93. The molecule has 0 aliphatic heterocycles. The van der Waals surface area contributed by atoms with Crippen molar-refractivity contribution in [1.29, 1.82) is 0 Å². The van der Waals surface area contributed by atoms with Gasteiger partial charge in [0, 0.05) is 11.4 Å². The lowest BCUT2D eigenvalue weighted by Crippen LogP contribution is -2.51. The third-order valence-corrected chi connectivity index (χ3v) is 4.18. The summed E-state index contributed by atoms with van der Waals surface area (Å²) in [5.41, 5.74) is 13.1. The molecule has 138 valence electrons. The Labute approximate surface area is 157 Å². The van der Waals surface area contributed by atoms with Gasteiger partial charge in [0.15, 0.2) is 0 Å². The highest BCUT2D eigenvalue weighted by Gasteiger charge is 2.22. The highest BCUT2D eigenvalue weighted by Crippen LogP contribution is 2.14. The predicted molar refractivity (Wildman–Crippen MR) is 101 cm³/mol. The van der Waals surface area contributed by atoms with Crippen molar-refractivity contribution in [1.82, 2.24) is 5.32 Å². The molecule has 2 aromatic carbocycles. The lowest BCUT2D eigenvalue weighted by Gasteiger charge is -2.19. The molecule has 0 fully saturated rings. The van der Waals surface area contributed by atoms with Crippen molar-refractivity contribution in [2.24, 2.45) is 11.5 Å². The zero-order chi connectivity index (χ0) is 19.1. The normalized spacial score (nSPS) is 12.9. The number of hydrogen-bond acceptors (Lipinski definition) is 4. The van der Waals surface area contributed by atoms with Crippen LogP contribution in [0.1, 0.15) is 11.1 Å². The first kappa shape index (κ1) is 19.8. The van der Waals surface area contributed by atoms with Gasteiger partial charge in [0.1, 0.15) is 11.8 Å². The number of carbonyl (C=O) groups is 2. The van der Waals surface area contributed by atoms with Gasteiger partial charge < -0.3 is 21.5 Å². The summed E-state index contributed by atoms with van der Waals surface area (Å²) in [6.07, 6.45) is 0.579. The lowest BCUT2D eigenvalue weighted by molar-refractivity contribution is -0.128. The quantitative estimate of drug-likeness (QED) is 0.648. The second-order valence-corrected chi connectivity index (χ2v) is 6.39. The molecular formula is C19H22ClN3O3. The van der Waals surface area contributed by atoms with E-state index in [1.165, 1.54) is 0 Å². The number of nitrogens with two attached hydrogens (primary N) is 2. The maximum absolute atomic E-state index is 12.3. The minimum atomic E-state index is -0.846. The van der Waals surface area contributed by atoms with E-state index in [2.05, 4.69) is 5.32 Å². The van der Waals surface area contributed by atoms with Crippen molar-refractivity contribution in [2.75, 3.05) is 7.11 Å². The summed E-state index contributed by atoms with van der Waals surface area (Å²) in [7, 11) is 1.57. The van der Waals surface area contributed by atoms with E-state index in [9.17, 15) is 9.59 Å². The molecule has 0 bridgehead atoms. The van der Waals surface area contributed by atoms with E-state index in [0.29, 0.717) is 17.2 Å². The Kier molecular flexibility index (Phi) is 7.00. The molecule has 6 nitrogen and oxygen atoms in total. The lowest BCUT2D eigenvalue weighted by atomic mass is 10.0. The van der Waals surface area contributed by atoms with E-state index in [0.717, 1.165) is 11.1 Å². The fourth-order valence-corrected chi connectivity index (χ4v) is 2.72. The molecule has 5 N–H and O–H groups in total. The number of primary amides is 1. The van der Waals surface area contributed by atoms with Gasteiger partial charge in [-0.15, -0.1) is 0 Å². The van der Waals surface area contributed by atoms with Crippen LogP contribution in [0.5, 0.6) is 5.75 Å². The van der Waals surface area contributed by atoms with Crippen LogP contribution < -0.4 is 21.5 Å². The Bertz CT molecular complexity index is 765. The van der Waals surface area contributed by atoms with Gasteiger partial charge in [-0.05, 0) is 41.8 Å². The Morgan fingerprint density at radius 3 is 2.38 bits per heavy atom. The Morgan fingerprint density at radius 2 is 1.81 bits per heavy atom. The average Bonchev–Trinajstić information content (AvgIpc) is 2.61. The standard InChI is InChI=1S/C19H22ClN3O3/c1-26-15-7-5-12(6-8-15)11-17(18(22)24)23-19(25)16(21)10-13-3-2-4-14(20)9-13/h2-9,16-17H,10-11,21H2,1H3,(H2,22,24)(H,23,25)/t16-,17-/m0/s1. The van der Waals surface area contributed by atoms with Gasteiger partial charge in [0.05, 0.1) is 13.2 Å². The van der Waals surface area contributed by atoms with E-state index in [1.54, 1.807) is 37.4 Å². The van der Waals surface area contributed by atoms with Gasteiger partial charge >= 0.3 is 0 Å². The van der Waals surface area contributed by atoms with Gasteiger partial charge in [-0.1, -0.05) is 35.9 Å². The number of amides is 2. The molecule has 0 aliphatic rings. The van der Waals surface area contributed by atoms with E-state index in [4.69, 9.17) is 27.8 Å². The highest BCUT2D eigenvalue weighted by atomic mass is 35.5. The summed E-state index contributed by atoms with van der Waals surface area (Å²) in [4.78, 5) is 24.1. The van der Waals surface area contributed by atoms with Gasteiger partial charge in [-0.3, -0.25) is 9.59 Å². The fraction of sp³-hybridized carbons (Fsp3) is 0.263. The van der Waals surface area contributed by atoms with Crippen molar-refractivity contribution in [2.45, 2.75) is 24.9 Å². The first-order valence-electron chi connectivity index (χ1n) is 8.11. The van der Waals surface area contributed by atoms with Crippen LogP contribution >= 0.6 is 11.6 Å². The van der Waals surface area contributed by atoms with Crippen LogP contribution in [0.3, 0.4) is 0 Å². The van der Waals surface area contributed by atoms with Gasteiger partial charge in [0.25, 0.3) is 0 Å². The van der Waals surface area contributed by atoms with Crippen molar-refractivity contribution >= 4 is 23.4 Å². The minimum absolute atomic E-state index is 0.273. The molecule has 26 heavy (non-hydrogen) atoms. The van der Waals surface area contributed by atoms with Gasteiger partial charge in [-0.25, -0.2) is 0 Å².